The Morgan fingerprint density at radius 3 is 2.46 bits per heavy atom. The molecular formula is C26H21NO9S. The predicted molar refractivity (Wildman–Crippen MR) is 130 cm³/mol. The number of rotatable bonds is 7. The Morgan fingerprint density at radius 2 is 1.70 bits per heavy atom. The molecule has 3 aromatic carbocycles. The molecule has 0 radical (unpaired) electrons. The number of ether oxygens (including phenoxy) is 5. The summed E-state index contributed by atoms with van der Waals surface area (Å²) in [4.78, 5) is 25.5. The van der Waals surface area contributed by atoms with E-state index in [4.69, 9.17) is 23.7 Å². The molecule has 1 unspecified atom stereocenters. The van der Waals surface area contributed by atoms with E-state index in [1.165, 1.54) is 30.3 Å². The van der Waals surface area contributed by atoms with Gasteiger partial charge >= 0.3 is 5.97 Å². The third-order valence-corrected chi connectivity index (χ3v) is 6.95. The highest BCUT2D eigenvalue weighted by Crippen LogP contribution is 2.31. The van der Waals surface area contributed by atoms with Crippen molar-refractivity contribution in [2.45, 2.75) is 17.6 Å². The molecule has 0 N–H and O–H groups in total. The van der Waals surface area contributed by atoms with Crippen LogP contribution in [0.2, 0.25) is 0 Å². The van der Waals surface area contributed by atoms with Gasteiger partial charge in [-0.1, -0.05) is 18.2 Å². The van der Waals surface area contributed by atoms with E-state index in [1.54, 1.807) is 18.2 Å². The normalized spacial score (nSPS) is 15.6. The molecule has 0 spiro atoms. The van der Waals surface area contributed by atoms with Crippen LogP contribution >= 0.6 is 0 Å². The first kappa shape index (κ1) is 24.3. The highest BCUT2D eigenvalue weighted by atomic mass is 32.2. The molecule has 0 saturated heterocycles. The van der Waals surface area contributed by atoms with Gasteiger partial charge in [-0.2, -0.15) is 8.42 Å². The van der Waals surface area contributed by atoms with Gasteiger partial charge in [-0.05, 0) is 54.1 Å². The first-order chi connectivity index (χ1) is 17.9. The van der Waals surface area contributed by atoms with Gasteiger partial charge < -0.3 is 23.7 Å². The minimum absolute atomic E-state index is 0.0689. The average Bonchev–Trinajstić information content (AvgIpc) is 3.19. The van der Waals surface area contributed by atoms with Crippen LogP contribution in [0.4, 0.5) is 0 Å². The first-order valence-electron chi connectivity index (χ1n) is 11.2. The molecule has 2 heterocycles. The second-order valence-corrected chi connectivity index (χ2v) is 9.62. The summed E-state index contributed by atoms with van der Waals surface area (Å²) in [5.41, 5.74) is 1.17. The predicted octanol–water partition coefficient (Wildman–Crippen LogP) is 2.93. The Bertz CT molecular complexity index is 1500. The van der Waals surface area contributed by atoms with Crippen LogP contribution in [-0.4, -0.2) is 52.5 Å². The van der Waals surface area contributed by atoms with E-state index < -0.39 is 27.9 Å². The van der Waals surface area contributed by atoms with Crippen molar-refractivity contribution in [2.24, 2.45) is 4.40 Å². The number of Topliss-reactive ketones (excluding diaryl/α,β-unsaturated/α-hetero) is 1. The molecule has 0 amide bonds. The van der Waals surface area contributed by atoms with Gasteiger partial charge in [-0.25, -0.2) is 4.79 Å². The Labute approximate surface area is 212 Å². The summed E-state index contributed by atoms with van der Waals surface area (Å²) in [6, 6.07) is 17.6. The zero-order valence-corrected chi connectivity index (χ0v) is 20.4. The summed E-state index contributed by atoms with van der Waals surface area (Å²) >= 11 is 0. The lowest BCUT2D eigenvalue weighted by atomic mass is 10.1. The lowest BCUT2D eigenvalue weighted by molar-refractivity contribution is -0.146. The number of methoxy groups -OCH3 is 1. The fourth-order valence-corrected chi connectivity index (χ4v) is 4.94. The average molecular weight is 524 g/mol. The van der Waals surface area contributed by atoms with Crippen LogP contribution in [0.25, 0.3) is 0 Å². The van der Waals surface area contributed by atoms with Gasteiger partial charge in [0.05, 0.1) is 12.7 Å². The summed E-state index contributed by atoms with van der Waals surface area (Å²) in [5.74, 6) is -0.238. The van der Waals surface area contributed by atoms with Crippen molar-refractivity contribution < 1.29 is 41.7 Å². The van der Waals surface area contributed by atoms with Crippen molar-refractivity contribution in [3.05, 3.63) is 83.4 Å². The molecule has 11 heteroatoms. The van der Waals surface area contributed by atoms with E-state index in [1.807, 2.05) is 18.2 Å². The maximum absolute atomic E-state index is 13.1. The number of fused-ring (bicyclic) bond motifs is 2. The number of esters is 1. The molecule has 1 atom stereocenters. The van der Waals surface area contributed by atoms with Crippen LogP contribution in [0.1, 0.15) is 21.5 Å². The lowest BCUT2D eigenvalue weighted by Gasteiger charge is -2.19. The monoisotopic (exact) mass is 523 g/mol. The van der Waals surface area contributed by atoms with Gasteiger partial charge in [-0.15, -0.1) is 4.40 Å². The Kier molecular flexibility index (Phi) is 6.53. The molecule has 2 aliphatic rings. The van der Waals surface area contributed by atoms with Crippen molar-refractivity contribution in [1.82, 2.24) is 0 Å². The molecule has 0 bridgehead atoms. The molecule has 2 aliphatic heterocycles. The van der Waals surface area contributed by atoms with Crippen LogP contribution < -0.4 is 14.2 Å². The van der Waals surface area contributed by atoms with E-state index in [0.717, 1.165) is 12.7 Å². The van der Waals surface area contributed by atoms with Gasteiger partial charge in [0.2, 0.25) is 11.7 Å². The fraction of sp³-hybridized carbons (Fsp3) is 0.192. The van der Waals surface area contributed by atoms with Crippen molar-refractivity contribution in [1.29, 1.82) is 0 Å². The van der Waals surface area contributed by atoms with Gasteiger partial charge in [0, 0.05) is 5.56 Å². The number of hydrogen-bond acceptors (Lipinski definition) is 9. The summed E-state index contributed by atoms with van der Waals surface area (Å²) in [6.45, 7) is 1.25. The third-order valence-electron chi connectivity index (χ3n) is 5.63. The van der Waals surface area contributed by atoms with E-state index in [2.05, 4.69) is 4.40 Å². The zero-order valence-electron chi connectivity index (χ0n) is 19.6. The van der Waals surface area contributed by atoms with E-state index >= 15 is 0 Å². The van der Waals surface area contributed by atoms with E-state index in [-0.39, 0.29) is 28.5 Å². The molecule has 0 aliphatic carbocycles. The standard InChI is InChI=1S/C26H21NO9S/c1-32-26(29)24(36-25-19-4-2-3-5-22(19)37(30,31)27-25)23(28)17-7-9-18(10-8-17)35-15-16-6-11-20-21(14-16)34-13-12-33-20/h2-11,14,24H,12-13,15H2,1H3. The van der Waals surface area contributed by atoms with Crippen LogP contribution in [0, 0.1) is 0 Å². The first-order valence-corrected chi connectivity index (χ1v) is 12.6. The molecule has 190 valence electrons. The van der Waals surface area contributed by atoms with Crippen LogP contribution in [0.5, 0.6) is 17.2 Å². The molecular weight excluding hydrogens is 502 g/mol. The molecule has 0 saturated carbocycles. The Hall–Kier alpha value is -4.38. The quantitative estimate of drug-likeness (QED) is 0.261. The smallest absolute Gasteiger partial charge is 0.355 e. The van der Waals surface area contributed by atoms with E-state index in [9.17, 15) is 18.0 Å². The zero-order chi connectivity index (χ0) is 26.0. The fourth-order valence-electron chi connectivity index (χ4n) is 3.80. The number of nitrogens with zero attached hydrogens (tertiary/aromatic N) is 1. The van der Waals surface area contributed by atoms with Crippen molar-refractivity contribution in [3.8, 4) is 17.2 Å². The lowest BCUT2D eigenvalue weighted by Crippen LogP contribution is -2.36. The number of carbonyl (C=O) groups is 2. The van der Waals surface area contributed by atoms with Crippen molar-refractivity contribution in [2.75, 3.05) is 20.3 Å². The summed E-state index contributed by atoms with van der Waals surface area (Å²) < 4.78 is 55.3. The Morgan fingerprint density at radius 1 is 0.973 bits per heavy atom. The summed E-state index contributed by atoms with van der Waals surface area (Å²) in [5, 5.41) is 0. The summed E-state index contributed by atoms with van der Waals surface area (Å²) in [7, 11) is -2.90. The molecule has 5 rings (SSSR count). The number of sulfonamides is 1. The highest BCUT2D eigenvalue weighted by molar-refractivity contribution is 7.90. The van der Waals surface area contributed by atoms with Crippen LogP contribution in [0.15, 0.2) is 76.0 Å². The number of carbonyl (C=O) groups excluding carboxylic acids is 2. The molecule has 37 heavy (non-hydrogen) atoms. The van der Waals surface area contributed by atoms with Gasteiger partial charge in [0.15, 0.2) is 11.5 Å². The van der Waals surface area contributed by atoms with Crippen molar-refractivity contribution in [3.63, 3.8) is 0 Å². The van der Waals surface area contributed by atoms with E-state index in [0.29, 0.717) is 30.5 Å². The summed E-state index contributed by atoms with van der Waals surface area (Å²) in [6.07, 6.45) is -1.76. The number of benzene rings is 3. The Balaban J connectivity index is 1.29. The maximum atomic E-state index is 13.1. The SMILES string of the molecule is COC(=O)C(OC1=NS(=O)(=O)c2ccccc21)C(=O)c1ccc(OCc2ccc3c(c2)OCCO3)cc1. The van der Waals surface area contributed by atoms with Gasteiger partial charge in [0.1, 0.15) is 30.5 Å². The minimum atomic E-state index is -4.00. The van der Waals surface area contributed by atoms with Crippen LogP contribution in [0.3, 0.4) is 0 Å². The molecule has 10 nitrogen and oxygen atoms in total. The molecule has 0 aromatic heterocycles. The van der Waals surface area contributed by atoms with Crippen molar-refractivity contribution >= 4 is 27.7 Å². The minimum Gasteiger partial charge on any atom is -0.489 e. The third kappa shape index (κ3) is 4.98. The second kappa shape index (κ2) is 9.94. The maximum Gasteiger partial charge on any atom is 0.355 e. The largest absolute Gasteiger partial charge is 0.489 e. The highest BCUT2D eigenvalue weighted by Gasteiger charge is 2.37. The van der Waals surface area contributed by atoms with Gasteiger partial charge in [0.25, 0.3) is 16.1 Å². The second-order valence-electron chi connectivity index (χ2n) is 8.04. The molecule has 0 fully saturated rings. The topological polar surface area (TPSA) is 127 Å². The number of hydrogen-bond donors (Lipinski definition) is 0. The number of ketones is 1. The molecule has 3 aromatic rings. The van der Waals surface area contributed by atoms with Crippen LogP contribution in [-0.2, 0) is 30.9 Å². The van der Waals surface area contributed by atoms with Gasteiger partial charge in [-0.3, -0.25) is 4.79 Å².